The highest BCUT2D eigenvalue weighted by Crippen LogP contribution is 2.27. The van der Waals surface area contributed by atoms with Gasteiger partial charge in [0.1, 0.15) is 11.5 Å². The third-order valence-electron chi connectivity index (χ3n) is 2.82. The highest BCUT2D eigenvalue weighted by atomic mass is 35.5. The summed E-state index contributed by atoms with van der Waals surface area (Å²) in [4.78, 5) is 4.03. The number of nitrogens with one attached hydrogen (secondary N) is 1. The third-order valence-corrected chi connectivity index (χ3v) is 3.03. The number of pyridine rings is 1. The van der Waals surface area contributed by atoms with Crippen LogP contribution in [0.25, 0.3) is 0 Å². The van der Waals surface area contributed by atoms with E-state index in [-0.39, 0.29) is 0 Å². The molecule has 0 spiro atoms. The molecular formula is C16H19ClN2O. The van der Waals surface area contributed by atoms with E-state index in [2.05, 4.69) is 37.1 Å². The number of aryl methyl sites for hydroxylation is 1. The van der Waals surface area contributed by atoms with Crippen LogP contribution >= 0.6 is 11.6 Å². The molecule has 0 saturated carbocycles. The Morgan fingerprint density at radius 1 is 1.25 bits per heavy atom. The molecule has 1 aromatic carbocycles. The molecule has 0 unspecified atom stereocenters. The molecule has 0 aliphatic carbocycles. The molecule has 4 heteroatoms. The van der Waals surface area contributed by atoms with Crippen molar-refractivity contribution in [1.29, 1.82) is 0 Å². The van der Waals surface area contributed by atoms with Gasteiger partial charge in [0.05, 0.1) is 11.2 Å². The van der Waals surface area contributed by atoms with Crippen LogP contribution in [0.1, 0.15) is 25.0 Å². The summed E-state index contributed by atoms with van der Waals surface area (Å²) in [6.07, 6.45) is 3.25. The second-order valence-corrected chi connectivity index (χ2v) is 5.52. The lowest BCUT2D eigenvalue weighted by molar-refractivity contribution is 0.467. The molecule has 1 N–H and O–H groups in total. The number of hydrogen-bond acceptors (Lipinski definition) is 3. The summed E-state index contributed by atoms with van der Waals surface area (Å²) in [7, 11) is 0. The highest BCUT2D eigenvalue weighted by Gasteiger charge is 2.07. The maximum Gasteiger partial charge on any atom is 0.147 e. The second kappa shape index (κ2) is 6.73. The molecule has 1 aromatic heterocycles. The van der Waals surface area contributed by atoms with Gasteiger partial charge in [0.25, 0.3) is 0 Å². The van der Waals surface area contributed by atoms with Gasteiger partial charge in [-0.2, -0.15) is 0 Å². The fourth-order valence-electron chi connectivity index (χ4n) is 1.84. The lowest BCUT2D eigenvalue weighted by atomic mass is 10.1. The second-order valence-electron chi connectivity index (χ2n) is 5.09. The Morgan fingerprint density at radius 2 is 2.05 bits per heavy atom. The average Bonchev–Trinajstić information content (AvgIpc) is 2.39. The normalized spacial score (nSPS) is 10.8. The molecule has 1 heterocycles. The highest BCUT2D eigenvalue weighted by molar-refractivity contribution is 6.30. The van der Waals surface area contributed by atoms with Crippen molar-refractivity contribution < 1.29 is 4.74 Å². The van der Waals surface area contributed by atoms with Gasteiger partial charge in [-0.1, -0.05) is 43.1 Å². The molecule has 0 atom stereocenters. The number of rotatable bonds is 5. The predicted molar refractivity (Wildman–Crippen MR) is 82.5 cm³/mol. The van der Waals surface area contributed by atoms with Gasteiger partial charge in [-0.05, 0) is 13.0 Å². The van der Waals surface area contributed by atoms with Gasteiger partial charge in [0.2, 0.25) is 0 Å². The summed E-state index contributed by atoms with van der Waals surface area (Å²) >= 11 is 5.92. The van der Waals surface area contributed by atoms with E-state index in [4.69, 9.17) is 16.3 Å². The molecule has 0 saturated heterocycles. The van der Waals surface area contributed by atoms with Gasteiger partial charge in [-0.15, -0.1) is 0 Å². The van der Waals surface area contributed by atoms with Gasteiger partial charge in [-0.25, -0.2) is 0 Å². The van der Waals surface area contributed by atoms with Crippen LogP contribution in [0.5, 0.6) is 11.5 Å². The Balaban J connectivity index is 2.21. The Labute approximate surface area is 124 Å². The first-order valence-corrected chi connectivity index (χ1v) is 7.03. The Kier molecular flexibility index (Phi) is 4.99. The number of halogens is 1. The zero-order valence-electron chi connectivity index (χ0n) is 12.0. The molecule has 0 fully saturated rings. The summed E-state index contributed by atoms with van der Waals surface area (Å²) < 4.78 is 5.89. The molecular weight excluding hydrogens is 272 g/mol. The maximum absolute atomic E-state index is 5.92. The number of benzene rings is 1. The molecule has 0 radical (unpaired) electrons. The SMILES string of the molecule is Cc1ccc(Oc2cncc(Cl)c2)c(CNC(C)C)c1. The molecule has 0 bridgehead atoms. The minimum atomic E-state index is 0.427. The van der Waals surface area contributed by atoms with E-state index >= 15 is 0 Å². The standard InChI is InChI=1S/C16H19ClN2O/c1-11(2)19-8-13-6-12(3)4-5-16(13)20-15-7-14(17)9-18-10-15/h4-7,9-11,19H,8H2,1-3H3. The lowest BCUT2D eigenvalue weighted by Gasteiger charge is -2.14. The van der Waals surface area contributed by atoms with E-state index in [0.29, 0.717) is 16.8 Å². The van der Waals surface area contributed by atoms with Crippen LogP contribution < -0.4 is 10.1 Å². The van der Waals surface area contributed by atoms with Gasteiger partial charge in [0.15, 0.2) is 0 Å². The minimum Gasteiger partial charge on any atom is -0.455 e. The Morgan fingerprint density at radius 3 is 2.75 bits per heavy atom. The van der Waals surface area contributed by atoms with E-state index in [1.165, 1.54) is 5.56 Å². The number of hydrogen-bond donors (Lipinski definition) is 1. The largest absolute Gasteiger partial charge is 0.455 e. The zero-order chi connectivity index (χ0) is 14.5. The Hall–Kier alpha value is -1.58. The van der Waals surface area contributed by atoms with Gasteiger partial charge >= 0.3 is 0 Å². The summed E-state index contributed by atoms with van der Waals surface area (Å²) in [5, 5.41) is 3.97. The van der Waals surface area contributed by atoms with Crippen LogP contribution in [0.15, 0.2) is 36.7 Å². The first-order chi connectivity index (χ1) is 9.54. The van der Waals surface area contributed by atoms with E-state index in [1.807, 2.05) is 12.1 Å². The van der Waals surface area contributed by atoms with Crippen molar-refractivity contribution in [3.8, 4) is 11.5 Å². The van der Waals surface area contributed by atoms with Crippen molar-refractivity contribution in [3.05, 3.63) is 52.8 Å². The van der Waals surface area contributed by atoms with Crippen LogP contribution in [0.4, 0.5) is 0 Å². The minimum absolute atomic E-state index is 0.427. The van der Waals surface area contributed by atoms with E-state index in [0.717, 1.165) is 17.9 Å². The smallest absolute Gasteiger partial charge is 0.147 e. The molecule has 2 rings (SSSR count). The molecule has 0 aliphatic heterocycles. The fourth-order valence-corrected chi connectivity index (χ4v) is 2.00. The zero-order valence-corrected chi connectivity index (χ0v) is 12.7. The van der Waals surface area contributed by atoms with Crippen LogP contribution in [0.2, 0.25) is 5.02 Å². The topological polar surface area (TPSA) is 34.1 Å². The maximum atomic E-state index is 5.92. The third kappa shape index (κ3) is 4.22. The summed E-state index contributed by atoms with van der Waals surface area (Å²) in [6, 6.07) is 8.33. The molecule has 0 aliphatic rings. The summed E-state index contributed by atoms with van der Waals surface area (Å²) in [5.74, 6) is 1.47. The van der Waals surface area contributed by atoms with Crippen LogP contribution in [-0.2, 0) is 6.54 Å². The number of nitrogens with zero attached hydrogens (tertiary/aromatic N) is 1. The number of ether oxygens (including phenoxy) is 1. The van der Waals surface area contributed by atoms with E-state index in [1.54, 1.807) is 18.5 Å². The van der Waals surface area contributed by atoms with Crippen molar-refractivity contribution in [3.63, 3.8) is 0 Å². The van der Waals surface area contributed by atoms with Crippen molar-refractivity contribution in [2.75, 3.05) is 0 Å². The molecule has 2 aromatic rings. The van der Waals surface area contributed by atoms with Crippen molar-refractivity contribution in [2.24, 2.45) is 0 Å². The van der Waals surface area contributed by atoms with Crippen molar-refractivity contribution >= 4 is 11.6 Å². The Bertz CT molecular complexity index is 584. The molecule has 0 amide bonds. The van der Waals surface area contributed by atoms with Gasteiger partial charge in [0, 0.05) is 30.4 Å². The van der Waals surface area contributed by atoms with Crippen molar-refractivity contribution in [2.45, 2.75) is 33.4 Å². The summed E-state index contributed by atoms with van der Waals surface area (Å²) in [6.45, 7) is 7.08. The van der Waals surface area contributed by atoms with Gasteiger partial charge in [-0.3, -0.25) is 4.98 Å². The monoisotopic (exact) mass is 290 g/mol. The lowest BCUT2D eigenvalue weighted by Crippen LogP contribution is -2.22. The van der Waals surface area contributed by atoms with Crippen LogP contribution in [-0.4, -0.2) is 11.0 Å². The molecule has 106 valence electrons. The number of aromatic nitrogens is 1. The first-order valence-electron chi connectivity index (χ1n) is 6.66. The van der Waals surface area contributed by atoms with E-state index < -0.39 is 0 Å². The molecule has 3 nitrogen and oxygen atoms in total. The molecule has 20 heavy (non-hydrogen) atoms. The van der Waals surface area contributed by atoms with Gasteiger partial charge < -0.3 is 10.1 Å². The summed E-state index contributed by atoms with van der Waals surface area (Å²) in [5.41, 5.74) is 2.33. The van der Waals surface area contributed by atoms with Crippen molar-refractivity contribution in [1.82, 2.24) is 10.3 Å². The van der Waals surface area contributed by atoms with Crippen LogP contribution in [0.3, 0.4) is 0 Å². The average molecular weight is 291 g/mol. The fraction of sp³-hybridized carbons (Fsp3) is 0.312. The van der Waals surface area contributed by atoms with Crippen LogP contribution in [0, 0.1) is 6.92 Å². The first kappa shape index (κ1) is 14.8. The predicted octanol–water partition coefficient (Wildman–Crippen LogP) is 4.33. The quantitative estimate of drug-likeness (QED) is 0.890. The van der Waals surface area contributed by atoms with E-state index in [9.17, 15) is 0 Å².